The first-order valence-corrected chi connectivity index (χ1v) is 10.8. The summed E-state index contributed by atoms with van der Waals surface area (Å²) in [4.78, 5) is 25.7. The number of hydrogen-bond donors (Lipinski definition) is 0. The quantitative estimate of drug-likeness (QED) is 0.295. The predicted octanol–water partition coefficient (Wildman–Crippen LogP) is 3.93. The number of para-hydroxylation sites is 2. The van der Waals surface area contributed by atoms with Gasteiger partial charge >= 0.3 is 0 Å². The van der Waals surface area contributed by atoms with Gasteiger partial charge in [0.15, 0.2) is 5.82 Å². The summed E-state index contributed by atoms with van der Waals surface area (Å²) in [5, 5.41) is 0. The van der Waals surface area contributed by atoms with Gasteiger partial charge in [0.1, 0.15) is 29.8 Å². The molecule has 3 aliphatic rings. The number of fused-ring (bicyclic) bond motifs is 6. The van der Waals surface area contributed by atoms with E-state index in [1.807, 2.05) is 54.0 Å². The van der Waals surface area contributed by atoms with Gasteiger partial charge < -0.3 is 19.6 Å². The third-order valence-electron chi connectivity index (χ3n) is 6.14. The summed E-state index contributed by atoms with van der Waals surface area (Å²) < 4.78 is 0. The average Bonchev–Trinajstić information content (AvgIpc) is 3.51. The van der Waals surface area contributed by atoms with Crippen molar-refractivity contribution in [2.45, 2.75) is 12.6 Å². The molecule has 1 atom stereocenters. The molecule has 173 valence electrons. The second-order valence-corrected chi connectivity index (χ2v) is 8.07. The second-order valence-electron chi connectivity index (χ2n) is 8.07. The number of aromatic nitrogens is 4. The molecule has 3 aliphatic heterocycles. The first-order valence-electron chi connectivity index (χ1n) is 10.8. The molecule has 0 spiro atoms. The summed E-state index contributed by atoms with van der Waals surface area (Å²) in [6.45, 7) is 1.95. The molecule has 34 heavy (non-hydrogen) atoms. The van der Waals surface area contributed by atoms with E-state index in [0.717, 1.165) is 35.2 Å². The van der Waals surface area contributed by atoms with Crippen LogP contribution in [0.1, 0.15) is 5.56 Å². The van der Waals surface area contributed by atoms with Gasteiger partial charge in [0.2, 0.25) is 0 Å². The molecular weight excluding hydrogens is 605 g/mol. The molecule has 4 aromatic rings. The van der Waals surface area contributed by atoms with E-state index >= 15 is 0 Å². The first kappa shape index (κ1) is 22.3. The van der Waals surface area contributed by atoms with Crippen LogP contribution in [0.5, 0.6) is 0 Å². The summed E-state index contributed by atoms with van der Waals surface area (Å²) in [7, 11) is 4.06. The van der Waals surface area contributed by atoms with Gasteiger partial charge in [0.05, 0.1) is 6.20 Å². The van der Waals surface area contributed by atoms with Crippen molar-refractivity contribution in [3.8, 4) is 0 Å². The van der Waals surface area contributed by atoms with Crippen molar-refractivity contribution >= 4 is 34.5 Å². The Morgan fingerprint density at radius 3 is 2.53 bits per heavy atom. The number of likely N-dealkylation sites (N-methyl/N-ethyl adjacent to an activating group) is 1. The van der Waals surface area contributed by atoms with E-state index in [1.54, 1.807) is 18.7 Å². The summed E-state index contributed by atoms with van der Waals surface area (Å²) in [5.74, 6) is 2.73. The van der Waals surface area contributed by atoms with E-state index < -0.39 is 0 Å². The third kappa shape index (κ3) is 3.57. The zero-order valence-electron chi connectivity index (χ0n) is 18.7. The van der Waals surface area contributed by atoms with Gasteiger partial charge in [-0.1, -0.05) is 18.2 Å². The summed E-state index contributed by atoms with van der Waals surface area (Å²) in [6, 6.07) is 19.5. The fourth-order valence-electron chi connectivity index (χ4n) is 4.58. The molecule has 1 unspecified atom stereocenters. The topological polar surface area (TPSA) is 64.5 Å². The normalized spacial score (nSPS) is 16.7. The van der Waals surface area contributed by atoms with Gasteiger partial charge in [-0.2, -0.15) is 30.3 Å². The van der Waals surface area contributed by atoms with Crippen molar-refractivity contribution in [3.63, 3.8) is 0 Å². The van der Waals surface area contributed by atoms with Crippen molar-refractivity contribution in [1.82, 2.24) is 19.9 Å². The molecule has 0 fully saturated rings. The zero-order chi connectivity index (χ0) is 22.4. The molecule has 0 saturated heterocycles. The fourth-order valence-corrected chi connectivity index (χ4v) is 4.58. The van der Waals surface area contributed by atoms with Crippen LogP contribution in [0.3, 0.4) is 0 Å². The predicted molar refractivity (Wildman–Crippen MR) is 129 cm³/mol. The minimum atomic E-state index is 0. The fraction of sp³-hybridized carbons (Fsp3) is 0.160. The summed E-state index contributed by atoms with van der Waals surface area (Å²) in [5.41, 5.74) is 4.76. The van der Waals surface area contributed by atoms with Crippen LogP contribution in [0.15, 0.2) is 73.4 Å². The molecule has 5 heterocycles. The van der Waals surface area contributed by atoms with Crippen LogP contribution in [0.2, 0.25) is 0 Å². The van der Waals surface area contributed by atoms with E-state index in [9.17, 15) is 0 Å². The molecule has 9 heteroatoms. The van der Waals surface area contributed by atoms with Crippen molar-refractivity contribution in [1.29, 1.82) is 0 Å². The van der Waals surface area contributed by atoms with Crippen molar-refractivity contribution in [2.75, 3.05) is 33.7 Å². The van der Waals surface area contributed by atoms with E-state index in [0.29, 0.717) is 6.17 Å². The van der Waals surface area contributed by atoms with Crippen LogP contribution < -0.4 is 19.6 Å². The molecule has 0 bridgehead atoms. The van der Waals surface area contributed by atoms with Crippen LogP contribution in [-0.4, -0.2) is 40.2 Å². The summed E-state index contributed by atoms with van der Waals surface area (Å²) in [6.07, 6.45) is 8.31. The molecule has 7 rings (SSSR count). The van der Waals surface area contributed by atoms with Crippen LogP contribution in [0, 0.1) is 12.7 Å². The Balaban J connectivity index is 0.000000138. The Hall–Kier alpha value is -3.55. The standard InChI is InChI=1S/C13H12N4.C12H10N4.Ir/c1-16-11-7-14-8-15-13(11)17-10-5-3-2-4-9(10)6-12(16)17;1-15-9-16(10-5-3-2-4-6-10)12-11(15)13-7-8-14-12;/h2-5,7-8,12H,6H2,1H3;2-5,7-9H,1H3;/q;-2;. The van der Waals surface area contributed by atoms with Crippen LogP contribution in [0.25, 0.3) is 0 Å². The third-order valence-corrected chi connectivity index (χ3v) is 6.14. The molecule has 2 aromatic carbocycles. The molecule has 1 radical (unpaired) electrons. The van der Waals surface area contributed by atoms with Gasteiger partial charge in [0.25, 0.3) is 0 Å². The molecule has 8 nitrogen and oxygen atoms in total. The van der Waals surface area contributed by atoms with E-state index in [1.165, 1.54) is 11.3 Å². The number of anilines is 6. The molecule has 2 aromatic heterocycles. The van der Waals surface area contributed by atoms with Gasteiger partial charge in [-0.05, 0) is 18.7 Å². The van der Waals surface area contributed by atoms with Crippen LogP contribution in [-0.2, 0) is 26.5 Å². The average molecular weight is 627 g/mol. The maximum atomic E-state index is 4.42. The van der Waals surface area contributed by atoms with Gasteiger partial charge in [-0.15, -0.1) is 12.4 Å². The molecule has 0 saturated carbocycles. The Morgan fingerprint density at radius 1 is 0.912 bits per heavy atom. The SMILES string of the molecule is CN1[CH-]N(c2[c-]cccc2)c2nccnc21.CN1c2cncnc2N2c3ccccc3CC12.[Ir]. The van der Waals surface area contributed by atoms with Crippen molar-refractivity contribution in [2.24, 2.45) is 0 Å². The van der Waals surface area contributed by atoms with E-state index in [2.05, 4.69) is 67.1 Å². The zero-order valence-corrected chi connectivity index (χ0v) is 21.1. The second kappa shape index (κ2) is 9.00. The molecule has 0 N–H and O–H groups in total. The largest absolute Gasteiger partial charge is 0.487 e. The smallest absolute Gasteiger partial charge is 0.161 e. The van der Waals surface area contributed by atoms with Crippen molar-refractivity contribution in [3.05, 3.63) is 91.7 Å². The van der Waals surface area contributed by atoms with Gasteiger partial charge in [-0.25, -0.2) is 19.9 Å². The number of rotatable bonds is 1. The Labute approximate surface area is 212 Å². The van der Waals surface area contributed by atoms with Gasteiger partial charge in [0, 0.05) is 51.7 Å². The Kier molecular flexibility index (Phi) is 5.89. The van der Waals surface area contributed by atoms with Gasteiger partial charge in [-0.3, -0.25) is 0 Å². The van der Waals surface area contributed by atoms with Crippen molar-refractivity contribution < 1.29 is 20.1 Å². The minimum Gasteiger partial charge on any atom is -0.487 e. The number of hydrogen-bond acceptors (Lipinski definition) is 8. The Morgan fingerprint density at radius 2 is 1.71 bits per heavy atom. The first-order chi connectivity index (χ1) is 16.2. The Bertz CT molecular complexity index is 1300. The molecule has 0 amide bonds. The number of benzene rings is 2. The van der Waals surface area contributed by atoms with E-state index in [-0.39, 0.29) is 20.1 Å². The van der Waals surface area contributed by atoms with Crippen LogP contribution >= 0.6 is 0 Å². The maximum Gasteiger partial charge on any atom is 0.161 e. The number of nitrogens with zero attached hydrogens (tertiary/aromatic N) is 8. The monoisotopic (exact) mass is 627 g/mol. The molecular formula is C25H22IrN8-2. The van der Waals surface area contributed by atoms with Crippen LogP contribution in [0.4, 0.5) is 34.5 Å². The maximum absolute atomic E-state index is 4.42. The summed E-state index contributed by atoms with van der Waals surface area (Å²) >= 11 is 0. The minimum absolute atomic E-state index is 0. The van der Waals surface area contributed by atoms with E-state index in [4.69, 9.17) is 0 Å². The molecule has 0 aliphatic carbocycles.